The van der Waals surface area contributed by atoms with Gasteiger partial charge in [-0.05, 0) is 30.0 Å². The zero-order chi connectivity index (χ0) is 17.3. The molecule has 2 aromatic rings. The van der Waals surface area contributed by atoms with Crippen molar-refractivity contribution in [1.82, 2.24) is 15.2 Å². The SMILES string of the molecule is O=C(c1cccs1)N1CC[C@]2(C1)C(=O)NC[C@H]2COc1cccnc1. The number of carbonyl (C=O) groups is 2. The summed E-state index contributed by atoms with van der Waals surface area (Å²) in [5.41, 5.74) is -0.546. The van der Waals surface area contributed by atoms with Gasteiger partial charge >= 0.3 is 0 Å². The van der Waals surface area contributed by atoms with E-state index in [4.69, 9.17) is 4.74 Å². The number of pyridine rings is 1. The quantitative estimate of drug-likeness (QED) is 0.906. The monoisotopic (exact) mass is 357 g/mol. The maximum atomic E-state index is 12.6. The number of thiophene rings is 1. The summed E-state index contributed by atoms with van der Waals surface area (Å²) in [7, 11) is 0. The van der Waals surface area contributed by atoms with E-state index in [1.807, 2.05) is 29.6 Å². The van der Waals surface area contributed by atoms with Crippen LogP contribution in [0.4, 0.5) is 0 Å². The van der Waals surface area contributed by atoms with Crippen molar-refractivity contribution in [2.75, 3.05) is 26.2 Å². The van der Waals surface area contributed by atoms with Crippen molar-refractivity contribution in [2.24, 2.45) is 11.3 Å². The zero-order valence-electron chi connectivity index (χ0n) is 13.7. The fourth-order valence-electron chi connectivity index (χ4n) is 3.70. The number of nitrogens with one attached hydrogen (secondary N) is 1. The van der Waals surface area contributed by atoms with Crippen molar-refractivity contribution >= 4 is 23.2 Å². The molecule has 4 rings (SSSR count). The second-order valence-corrected chi connectivity index (χ2v) is 7.46. The van der Waals surface area contributed by atoms with Crippen LogP contribution in [0.5, 0.6) is 5.75 Å². The molecule has 25 heavy (non-hydrogen) atoms. The number of likely N-dealkylation sites (tertiary alicyclic amines) is 1. The van der Waals surface area contributed by atoms with E-state index in [1.165, 1.54) is 11.3 Å². The van der Waals surface area contributed by atoms with Gasteiger partial charge in [-0.1, -0.05) is 6.07 Å². The molecule has 0 aliphatic carbocycles. The van der Waals surface area contributed by atoms with Crippen LogP contribution in [0.1, 0.15) is 16.1 Å². The highest BCUT2D eigenvalue weighted by Crippen LogP contribution is 2.42. The van der Waals surface area contributed by atoms with Crippen molar-refractivity contribution in [1.29, 1.82) is 0 Å². The molecule has 0 radical (unpaired) electrons. The molecule has 4 heterocycles. The number of hydrogen-bond acceptors (Lipinski definition) is 5. The van der Waals surface area contributed by atoms with Gasteiger partial charge in [0.2, 0.25) is 5.91 Å². The van der Waals surface area contributed by atoms with Crippen molar-refractivity contribution in [2.45, 2.75) is 6.42 Å². The van der Waals surface area contributed by atoms with Crippen LogP contribution in [0.25, 0.3) is 0 Å². The largest absolute Gasteiger partial charge is 0.492 e. The van der Waals surface area contributed by atoms with Gasteiger partial charge in [-0.2, -0.15) is 0 Å². The Morgan fingerprint density at radius 1 is 1.44 bits per heavy atom. The number of aromatic nitrogens is 1. The summed E-state index contributed by atoms with van der Waals surface area (Å²) < 4.78 is 5.84. The van der Waals surface area contributed by atoms with E-state index in [0.29, 0.717) is 38.4 Å². The van der Waals surface area contributed by atoms with Crippen LogP contribution in [-0.4, -0.2) is 47.9 Å². The molecule has 2 fully saturated rings. The van der Waals surface area contributed by atoms with E-state index in [1.54, 1.807) is 17.3 Å². The van der Waals surface area contributed by atoms with Gasteiger partial charge in [0, 0.05) is 31.7 Å². The first-order chi connectivity index (χ1) is 12.2. The Kier molecular flexibility index (Phi) is 4.17. The summed E-state index contributed by atoms with van der Waals surface area (Å²) in [5, 5.41) is 4.86. The molecule has 6 nitrogen and oxygen atoms in total. The summed E-state index contributed by atoms with van der Waals surface area (Å²) in [6.45, 7) is 2.08. The van der Waals surface area contributed by atoms with Crippen molar-refractivity contribution in [3.63, 3.8) is 0 Å². The average Bonchev–Trinajstić information content (AvgIpc) is 3.37. The smallest absolute Gasteiger partial charge is 0.263 e. The second kappa shape index (κ2) is 6.48. The topological polar surface area (TPSA) is 71.5 Å². The molecule has 1 spiro atoms. The van der Waals surface area contributed by atoms with E-state index in [-0.39, 0.29) is 17.7 Å². The molecule has 2 amide bonds. The Morgan fingerprint density at radius 2 is 2.36 bits per heavy atom. The highest BCUT2D eigenvalue weighted by atomic mass is 32.1. The average molecular weight is 357 g/mol. The maximum Gasteiger partial charge on any atom is 0.263 e. The van der Waals surface area contributed by atoms with Crippen molar-refractivity contribution in [3.8, 4) is 5.75 Å². The summed E-state index contributed by atoms with van der Waals surface area (Å²) in [5.74, 6) is 0.787. The molecule has 2 aliphatic rings. The van der Waals surface area contributed by atoms with Crippen LogP contribution in [0.3, 0.4) is 0 Å². The minimum atomic E-state index is -0.546. The molecule has 0 saturated carbocycles. The fraction of sp³-hybridized carbons (Fsp3) is 0.389. The van der Waals surface area contributed by atoms with Gasteiger partial charge in [0.05, 0.1) is 23.1 Å². The fourth-order valence-corrected chi connectivity index (χ4v) is 4.39. The van der Waals surface area contributed by atoms with Crippen LogP contribution >= 0.6 is 11.3 Å². The second-order valence-electron chi connectivity index (χ2n) is 6.52. The van der Waals surface area contributed by atoms with Crippen LogP contribution in [0.15, 0.2) is 42.0 Å². The number of ether oxygens (including phenoxy) is 1. The highest BCUT2D eigenvalue weighted by Gasteiger charge is 2.55. The van der Waals surface area contributed by atoms with Crippen molar-refractivity contribution < 1.29 is 14.3 Å². The number of nitrogens with zero attached hydrogens (tertiary/aromatic N) is 2. The minimum absolute atomic E-state index is 0.0125. The van der Waals surface area contributed by atoms with Crippen LogP contribution in [0, 0.1) is 11.3 Å². The molecular formula is C18H19N3O3S. The predicted octanol–water partition coefficient (Wildman–Crippen LogP) is 1.80. The van der Waals surface area contributed by atoms with Gasteiger partial charge in [-0.3, -0.25) is 14.6 Å². The third-order valence-electron chi connectivity index (χ3n) is 5.15. The molecule has 2 aliphatic heterocycles. The Bertz CT molecular complexity index is 765. The standard InChI is InChI=1S/C18H19N3O3S/c22-16(15-4-2-8-25-15)21-7-5-18(12-21)13(9-20-17(18)23)11-24-14-3-1-6-19-10-14/h1-4,6,8,10,13H,5,7,9,11-12H2,(H,20,23)/t13-,18+/m0/s1. The van der Waals surface area contributed by atoms with Crippen LogP contribution in [0.2, 0.25) is 0 Å². The summed E-state index contributed by atoms with van der Waals surface area (Å²) in [4.78, 5) is 31.7. The molecule has 0 unspecified atom stereocenters. The summed E-state index contributed by atoms with van der Waals surface area (Å²) in [6, 6.07) is 7.37. The first kappa shape index (κ1) is 16.1. The Labute approximate surface area is 149 Å². The maximum absolute atomic E-state index is 12.6. The van der Waals surface area contributed by atoms with E-state index in [0.717, 1.165) is 4.88 Å². The number of hydrogen-bond donors (Lipinski definition) is 1. The van der Waals surface area contributed by atoms with Crippen LogP contribution in [-0.2, 0) is 4.79 Å². The first-order valence-corrected chi connectivity index (χ1v) is 9.21. The lowest BCUT2D eigenvalue weighted by molar-refractivity contribution is -0.128. The van der Waals surface area contributed by atoms with E-state index in [9.17, 15) is 9.59 Å². The zero-order valence-corrected chi connectivity index (χ0v) is 14.5. The third kappa shape index (κ3) is 2.89. The van der Waals surface area contributed by atoms with Crippen LogP contribution < -0.4 is 10.1 Å². The highest BCUT2D eigenvalue weighted by molar-refractivity contribution is 7.12. The van der Waals surface area contributed by atoms with E-state index < -0.39 is 5.41 Å². The van der Waals surface area contributed by atoms with Gasteiger partial charge in [0.15, 0.2) is 0 Å². The molecule has 0 aromatic carbocycles. The Hall–Kier alpha value is -2.41. The third-order valence-corrected chi connectivity index (χ3v) is 6.01. The minimum Gasteiger partial charge on any atom is -0.492 e. The lowest BCUT2D eigenvalue weighted by atomic mass is 9.77. The number of amides is 2. The first-order valence-electron chi connectivity index (χ1n) is 8.33. The number of rotatable bonds is 4. The normalized spacial score (nSPS) is 25.4. The Morgan fingerprint density at radius 3 is 3.12 bits per heavy atom. The van der Waals surface area contributed by atoms with Crippen molar-refractivity contribution in [3.05, 3.63) is 46.9 Å². The van der Waals surface area contributed by atoms with Gasteiger partial charge in [0.1, 0.15) is 5.75 Å². The lowest BCUT2D eigenvalue weighted by Crippen LogP contribution is -2.41. The van der Waals surface area contributed by atoms with Gasteiger partial charge < -0.3 is 15.0 Å². The molecule has 7 heteroatoms. The predicted molar refractivity (Wildman–Crippen MR) is 93.5 cm³/mol. The number of carbonyl (C=O) groups excluding carboxylic acids is 2. The molecule has 130 valence electrons. The molecule has 1 N–H and O–H groups in total. The molecular weight excluding hydrogens is 338 g/mol. The van der Waals surface area contributed by atoms with Gasteiger partial charge in [-0.15, -0.1) is 11.3 Å². The van der Waals surface area contributed by atoms with Gasteiger partial charge in [0.25, 0.3) is 5.91 Å². The van der Waals surface area contributed by atoms with Gasteiger partial charge in [-0.25, -0.2) is 0 Å². The summed E-state index contributed by atoms with van der Waals surface area (Å²) in [6.07, 6.45) is 4.04. The summed E-state index contributed by atoms with van der Waals surface area (Å²) >= 11 is 1.43. The molecule has 2 aromatic heterocycles. The lowest BCUT2D eigenvalue weighted by Gasteiger charge is -2.28. The Balaban J connectivity index is 1.47. The molecule has 0 bridgehead atoms. The van der Waals surface area contributed by atoms with E-state index in [2.05, 4.69) is 10.3 Å². The molecule has 2 saturated heterocycles. The molecule has 2 atom stereocenters. The van der Waals surface area contributed by atoms with E-state index >= 15 is 0 Å².